The summed E-state index contributed by atoms with van der Waals surface area (Å²) in [6.07, 6.45) is -2.74. The van der Waals surface area contributed by atoms with E-state index < -0.39 is 12.7 Å². The lowest BCUT2D eigenvalue weighted by Gasteiger charge is -2.32. The minimum atomic E-state index is -4.14. The van der Waals surface area contributed by atoms with Gasteiger partial charge in [0.1, 0.15) is 0 Å². The zero-order valence-corrected chi connectivity index (χ0v) is 9.64. The third-order valence-corrected chi connectivity index (χ3v) is 2.56. The molecule has 0 heterocycles. The molecule has 2 nitrogen and oxygen atoms in total. The van der Waals surface area contributed by atoms with Crippen LogP contribution in [0.3, 0.4) is 0 Å². The highest BCUT2D eigenvalue weighted by Crippen LogP contribution is 2.19. The third kappa shape index (κ3) is 5.99. The van der Waals surface area contributed by atoms with Crippen LogP contribution in [0.1, 0.15) is 33.6 Å². The van der Waals surface area contributed by atoms with Gasteiger partial charge in [0.05, 0.1) is 6.54 Å². The Morgan fingerprint density at radius 3 is 2.13 bits per heavy atom. The van der Waals surface area contributed by atoms with Crippen molar-refractivity contribution in [1.29, 1.82) is 0 Å². The van der Waals surface area contributed by atoms with E-state index in [0.29, 0.717) is 19.4 Å². The molecule has 0 saturated carbocycles. The van der Waals surface area contributed by atoms with Gasteiger partial charge in [0.25, 0.3) is 0 Å². The fraction of sp³-hybridized carbons (Fsp3) is 1.00. The highest BCUT2D eigenvalue weighted by molar-refractivity contribution is 4.78. The van der Waals surface area contributed by atoms with Crippen LogP contribution in [0.25, 0.3) is 0 Å². The minimum Gasteiger partial charge on any atom is -0.326 e. The van der Waals surface area contributed by atoms with E-state index in [1.165, 1.54) is 4.90 Å². The van der Waals surface area contributed by atoms with Gasteiger partial charge in [-0.3, -0.25) is 4.90 Å². The van der Waals surface area contributed by atoms with E-state index in [0.717, 1.165) is 0 Å². The molecule has 0 fully saturated rings. The molecule has 0 aromatic rings. The average molecular weight is 226 g/mol. The fourth-order valence-electron chi connectivity index (χ4n) is 1.56. The van der Waals surface area contributed by atoms with Crippen molar-refractivity contribution in [3.8, 4) is 0 Å². The summed E-state index contributed by atoms with van der Waals surface area (Å²) < 4.78 is 36.8. The summed E-state index contributed by atoms with van der Waals surface area (Å²) in [5, 5.41) is 0. The number of alkyl halides is 3. The molecule has 0 aromatic carbocycles. The highest BCUT2D eigenvalue weighted by Gasteiger charge is 2.33. The van der Waals surface area contributed by atoms with Crippen molar-refractivity contribution in [3.05, 3.63) is 0 Å². The van der Waals surface area contributed by atoms with E-state index in [4.69, 9.17) is 5.73 Å². The second kappa shape index (κ2) is 6.33. The molecule has 2 N–H and O–H groups in total. The Bertz CT molecular complexity index is 171. The van der Waals surface area contributed by atoms with Crippen molar-refractivity contribution in [1.82, 2.24) is 4.90 Å². The third-order valence-electron chi connectivity index (χ3n) is 2.56. The number of hydrogen-bond acceptors (Lipinski definition) is 2. The SMILES string of the molecule is CCCN(CC(F)(F)F)C(C)C(N)CC. The van der Waals surface area contributed by atoms with Crippen LogP contribution in [-0.4, -0.2) is 36.2 Å². The van der Waals surface area contributed by atoms with E-state index in [-0.39, 0.29) is 12.1 Å². The first-order valence-corrected chi connectivity index (χ1v) is 5.38. The molecule has 92 valence electrons. The summed E-state index contributed by atoms with van der Waals surface area (Å²) in [5.41, 5.74) is 5.76. The summed E-state index contributed by atoms with van der Waals surface area (Å²) >= 11 is 0. The maximum atomic E-state index is 12.3. The van der Waals surface area contributed by atoms with Crippen LogP contribution in [0, 0.1) is 0 Å². The molecule has 2 atom stereocenters. The second-order valence-corrected chi connectivity index (χ2v) is 3.90. The summed E-state index contributed by atoms with van der Waals surface area (Å²) in [7, 11) is 0. The van der Waals surface area contributed by atoms with E-state index >= 15 is 0 Å². The molecule has 0 aliphatic carbocycles. The average Bonchev–Trinajstić information content (AvgIpc) is 2.13. The standard InChI is InChI=1S/C10H21F3N2/c1-4-6-15(7-10(11,12)13)8(3)9(14)5-2/h8-9H,4-7,14H2,1-3H3. The topological polar surface area (TPSA) is 29.3 Å². The normalized spacial score (nSPS) is 16.8. The second-order valence-electron chi connectivity index (χ2n) is 3.90. The van der Waals surface area contributed by atoms with E-state index in [2.05, 4.69) is 0 Å². The molecule has 15 heavy (non-hydrogen) atoms. The number of halogens is 3. The molecule has 0 bridgehead atoms. The van der Waals surface area contributed by atoms with Gasteiger partial charge >= 0.3 is 6.18 Å². The first-order valence-electron chi connectivity index (χ1n) is 5.38. The molecule has 0 aliphatic rings. The van der Waals surface area contributed by atoms with Gasteiger partial charge in [-0.2, -0.15) is 13.2 Å². The molecule has 0 spiro atoms. The van der Waals surface area contributed by atoms with Gasteiger partial charge in [-0.15, -0.1) is 0 Å². The van der Waals surface area contributed by atoms with Gasteiger partial charge in [0.15, 0.2) is 0 Å². The van der Waals surface area contributed by atoms with Gasteiger partial charge in [-0.25, -0.2) is 0 Å². The van der Waals surface area contributed by atoms with Crippen LogP contribution in [0.4, 0.5) is 13.2 Å². The molecule has 0 rings (SSSR count). The molecule has 0 saturated heterocycles. The Balaban J connectivity index is 4.37. The van der Waals surface area contributed by atoms with Gasteiger partial charge in [0.2, 0.25) is 0 Å². The van der Waals surface area contributed by atoms with Crippen molar-refractivity contribution < 1.29 is 13.2 Å². The zero-order chi connectivity index (χ0) is 12.1. The first-order chi connectivity index (χ1) is 6.81. The lowest BCUT2D eigenvalue weighted by molar-refractivity contribution is -0.151. The Kier molecular flexibility index (Phi) is 6.20. The van der Waals surface area contributed by atoms with Crippen molar-refractivity contribution in [2.75, 3.05) is 13.1 Å². The lowest BCUT2D eigenvalue weighted by atomic mass is 10.1. The van der Waals surface area contributed by atoms with Gasteiger partial charge in [-0.1, -0.05) is 13.8 Å². The molecule has 0 amide bonds. The molecule has 0 radical (unpaired) electrons. The fourth-order valence-corrected chi connectivity index (χ4v) is 1.56. The largest absolute Gasteiger partial charge is 0.401 e. The van der Waals surface area contributed by atoms with Gasteiger partial charge in [-0.05, 0) is 26.3 Å². The van der Waals surface area contributed by atoms with Crippen LogP contribution in [-0.2, 0) is 0 Å². The first kappa shape index (κ1) is 14.7. The van der Waals surface area contributed by atoms with Crippen LogP contribution in [0.15, 0.2) is 0 Å². The smallest absolute Gasteiger partial charge is 0.326 e. The van der Waals surface area contributed by atoms with Crippen LogP contribution in [0.2, 0.25) is 0 Å². The summed E-state index contributed by atoms with van der Waals surface area (Å²) in [5.74, 6) is 0. The van der Waals surface area contributed by atoms with Crippen LogP contribution in [0.5, 0.6) is 0 Å². The number of nitrogens with two attached hydrogens (primary N) is 1. The van der Waals surface area contributed by atoms with Crippen molar-refractivity contribution in [2.45, 2.75) is 51.9 Å². The highest BCUT2D eigenvalue weighted by atomic mass is 19.4. The van der Waals surface area contributed by atoms with Crippen molar-refractivity contribution in [3.63, 3.8) is 0 Å². The number of hydrogen-bond donors (Lipinski definition) is 1. The minimum absolute atomic E-state index is 0.195. The Morgan fingerprint density at radius 2 is 1.80 bits per heavy atom. The lowest BCUT2D eigenvalue weighted by Crippen LogP contribution is -2.49. The Labute approximate surface area is 89.6 Å². The monoisotopic (exact) mass is 226 g/mol. The molecule has 2 unspecified atom stereocenters. The van der Waals surface area contributed by atoms with Crippen molar-refractivity contribution in [2.24, 2.45) is 5.73 Å². The van der Waals surface area contributed by atoms with E-state index in [1.54, 1.807) is 6.92 Å². The number of nitrogens with zero attached hydrogens (tertiary/aromatic N) is 1. The van der Waals surface area contributed by atoms with E-state index in [1.807, 2.05) is 13.8 Å². The molecular formula is C10H21F3N2. The summed E-state index contributed by atoms with van der Waals surface area (Å²) in [4.78, 5) is 1.41. The molecule has 0 aromatic heterocycles. The number of rotatable bonds is 6. The summed E-state index contributed by atoms with van der Waals surface area (Å²) in [6, 6.07) is -0.421. The maximum Gasteiger partial charge on any atom is 0.401 e. The van der Waals surface area contributed by atoms with Crippen LogP contribution < -0.4 is 5.73 Å². The zero-order valence-electron chi connectivity index (χ0n) is 9.64. The Morgan fingerprint density at radius 1 is 1.27 bits per heavy atom. The quantitative estimate of drug-likeness (QED) is 0.753. The molecule has 5 heteroatoms. The maximum absolute atomic E-state index is 12.3. The Hall–Kier alpha value is -0.290. The molecular weight excluding hydrogens is 205 g/mol. The summed E-state index contributed by atoms with van der Waals surface area (Å²) in [6.45, 7) is 5.09. The van der Waals surface area contributed by atoms with Gasteiger partial charge < -0.3 is 5.73 Å². The van der Waals surface area contributed by atoms with Crippen molar-refractivity contribution >= 4 is 0 Å². The van der Waals surface area contributed by atoms with Crippen LogP contribution >= 0.6 is 0 Å². The predicted molar refractivity (Wildman–Crippen MR) is 55.6 cm³/mol. The van der Waals surface area contributed by atoms with Gasteiger partial charge in [0, 0.05) is 12.1 Å². The predicted octanol–water partition coefficient (Wildman–Crippen LogP) is 2.39. The van der Waals surface area contributed by atoms with E-state index in [9.17, 15) is 13.2 Å². The molecule has 0 aliphatic heterocycles.